The second kappa shape index (κ2) is 24.0. The molecule has 2 heterocycles. The zero-order valence-corrected chi connectivity index (χ0v) is 33.4. The predicted octanol–water partition coefficient (Wildman–Crippen LogP) is 13.3. The number of hydrogen-bond acceptors (Lipinski definition) is 9. The zero-order chi connectivity index (χ0) is 38.3. The number of benzene rings is 3. The number of anilines is 1. The molecule has 5 rings (SSSR count). The Hall–Kier alpha value is -4.66. The van der Waals surface area contributed by atoms with Crippen molar-refractivity contribution in [3.8, 4) is 57.2 Å². The van der Waals surface area contributed by atoms with E-state index in [9.17, 15) is 0 Å². The molecule has 296 valence electrons. The highest BCUT2D eigenvalue weighted by Crippen LogP contribution is 2.31. The second-order valence-electron chi connectivity index (χ2n) is 14.8. The van der Waals surface area contributed by atoms with Crippen LogP contribution in [0.2, 0.25) is 0 Å². The van der Waals surface area contributed by atoms with Gasteiger partial charge in [-0.15, -0.1) is 0 Å². The number of hydrogen-bond donors (Lipinski definition) is 1. The van der Waals surface area contributed by atoms with E-state index in [0.717, 1.165) is 48.7 Å². The number of rotatable bonds is 28. The van der Waals surface area contributed by atoms with Gasteiger partial charge in [0.15, 0.2) is 0 Å². The summed E-state index contributed by atoms with van der Waals surface area (Å²) in [5, 5.41) is 8.45. The number of aromatic nitrogens is 4. The molecule has 0 aliphatic heterocycles. The average Bonchev–Trinajstić information content (AvgIpc) is 3.91. The van der Waals surface area contributed by atoms with Crippen molar-refractivity contribution in [2.45, 2.75) is 142 Å². The van der Waals surface area contributed by atoms with E-state index in [1.165, 1.54) is 116 Å². The summed E-state index contributed by atoms with van der Waals surface area (Å²) in [5.41, 5.74) is 9.80. The van der Waals surface area contributed by atoms with Gasteiger partial charge in [-0.25, -0.2) is 0 Å². The van der Waals surface area contributed by atoms with Gasteiger partial charge in [-0.1, -0.05) is 140 Å². The van der Waals surface area contributed by atoms with E-state index in [1.54, 1.807) is 12.1 Å². The fourth-order valence-electron chi connectivity index (χ4n) is 6.77. The summed E-state index contributed by atoms with van der Waals surface area (Å²) in [6, 6.07) is 21.0. The highest BCUT2D eigenvalue weighted by Gasteiger charge is 2.16. The predicted molar refractivity (Wildman–Crippen MR) is 223 cm³/mol. The van der Waals surface area contributed by atoms with Crippen LogP contribution in [0.4, 0.5) is 5.69 Å². The van der Waals surface area contributed by atoms with Crippen LogP contribution in [0.5, 0.6) is 11.5 Å². The Labute approximate surface area is 328 Å². The summed E-state index contributed by atoms with van der Waals surface area (Å²) in [6.45, 7) is 5.98. The first kappa shape index (κ1) is 41.5. The topological polar surface area (TPSA) is 122 Å². The molecular weight excluding hydrogens is 687 g/mol. The first-order valence-electron chi connectivity index (χ1n) is 21.2. The third-order valence-corrected chi connectivity index (χ3v) is 10.1. The molecule has 2 aromatic heterocycles. The van der Waals surface area contributed by atoms with Crippen molar-refractivity contribution in [3.05, 3.63) is 66.7 Å². The number of nitrogens with two attached hydrogens (primary N) is 1. The normalized spacial score (nSPS) is 11.3. The van der Waals surface area contributed by atoms with Crippen LogP contribution in [-0.2, 0) is 0 Å². The van der Waals surface area contributed by atoms with Gasteiger partial charge in [0.05, 0.1) is 13.2 Å². The van der Waals surface area contributed by atoms with Gasteiger partial charge in [0.2, 0.25) is 11.6 Å². The van der Waals surface area contributed by atoms with Gasteiger partial charge in [0, 0.05) is 27.9 Å². The first-order valence-corrected chi connectivity index (χ1v) is 21.2. The van der Waals surface area contributed by atoms with E-state index in [0.29, 0.717) is 40.2 Å². The Bertz CT molecular complexity index is 1640. The van der Waals surface area contributed by atoms with Crippen LogP contribution >= 0.6 is 0 Å². The largest absolute Gasteiger partial charge is 0.494 e. The fourth-order valence-corrected chi connectivity index (χ4v) is 6.77. The van der Waals surface area contributed by atoms with Crippen LogP contribution in [0.1, 0.15) is 142 Å². The van der Waals surface area contributed by atoms with Crippen LogP contribution in [0, 0.1) is 0 Å². The Balaban J connectivity index is 1.05. The molecule has 5 aromatic rings. The molecule has 0 aliphatic rings. The van der Waals surface area contributed by atoms with Crippen molar-refractivity contribution in [3.63, 3.8) is 0 Å². The minimum atomic E-state index is 0.345. The maximum atomic E-state index is 6.30. The van der Waals surface area contributed by atoms with Crippen molar-refractivity contribution in [2.75, 3.05) is 18.9 Å². The first-order chi connectivity index (χ1) is 27.1. The van der Waals surface area contributed by atoms with Crippen LogP contribution in [0.25, 0.3) is 45.7 Å². The molecule has 0 spiro atoms. The molecule has 3 aromatic carbocycles. The lowest BCUT2D eigenvalue weighted by atomic mass is 10.1. The number of ether oxygens (including phenoxy) is 2. The summed E-state index contributed by atoms with van der Waals surface area (Å²) in [7, 11) is 0. The molecule has 0 aliphatic carbocycles. The molecule has 0 radical (unpaired) electrons. The van der Waals surface area contributed by atoms with E-state index >= 15 is 0 Å². The van der Waals surface area contributed by atoms with E-state index < -0.39 is 0 Å². The standard InChI is InChI=1S/C46H63N5O4/c1-3-5-7-9-11-13-15-17-19-21-31-52-41-27-23-36(24-28-41)43-48-45(54-50-43)38-33-39(35-40(47)34-38)46-49-44(51-55-46)37-25-29-42(30-26-37)53-32-22-20-18-16-14-12-10-8-6-4-2/h23-30,33-35H,3-22,31-32,47H2,1-2H3. The molecule has 9 nitrogen and oxygen atoms in total. The molecular formula is C46H63N5O4. The Morgan fingerprint density at radius 3 is 1.15 bits per heavy atom. The van der Waals surface area contributed by atoms with Crippen molar-refractivity contribution in [1.29, 1.82) is 0 Å². The van der Waals surface area contributed by atoms with Crippen LogP contribution in [0.3, 0.4) is 0 Å². The number of nitrogen functional groups attached to an aromatic ring is 1. The van der Waals surface area contributed by atoms with Crippen LogP contribution < -0.4 is 15.2 Å². The van der Waals surface area contributed by atoms with E-state index in [2.05, 4.69) is 34.1 Å². The molecule has 0 saturated carbocycles. The van der Waals surface area contributed by atoms with E-state index in [4.69, 9.17) is 24.3 Å². The molecule has 0 fully saturated rings. The smallest absolute Gasteiger partial charge is 0.258 e. The van der Waals surface area contributed by atoms with E-state index in [-0.39, 0.29) is 0 Å². The van der Waals surface area contributed by atoms with Crippen LogP contribution in [0.15, 0.2) is 75.8 Å². The third-order valence-electron chi connectivity index (χ3n) is 10.1. The highest BCUT2D eigenvalue weighted by molar-refractivity contribution is 5.72. The zero-order valence-electron chi connectivity index (χ0n) is 33.4. The lowest BCUT2D eigenvalue weighted by molar-refractivity contribution is 0.304. The maximum Gasteiger partial charge on any atom is 0.258 e. The van der Waals surface area contributed by atoms with Gasteiger partial charge in [-0.05, 0) is 79.6 Å². The summed E-state index contributed by atoms with van der Waals surface area (Å²) in [4.78, 5) is 9.30. The molecule has 0 saturated heterocycles. The minimum absolute atomic E-state index is 0.345. The van der Waals surface area contributed by atoms with Crippen molar-refractivity contribution >= 4 is 5.69 Å². The molecule has 9 heteroatoms. The molecule has 0 amide bonds. The Morgan fingerprint density at radius 1 is 0.436 bits per heavy atom. The Kier molecular flexibility index (Phi) is 18.1. The molecule has 2 N–H and O–H groups in total. The summed E-state index contributed by atoms with van der Waals surface area (Å²) < 4.78 is 23.3. The quantitative estimate of drug-likeness (QED) is 0.0393. The fraction of sp³-hybridized carbons (Fsp3) is 0.522. The monoisotopic (exact) mass is 749 g/mol. The van der Waals surface area contributed by atoms with Crippen molar-refractivity contribution in [2.24, 2.45) is 0 Å². The summed E-state index contributed by atoms with van der Waals surface area (Å²) in [6.07, 6.45) is 26.1. The molecule has 0 unspecified atom stereocenters. The SMILES string of the molecule is CCCCCCCCCCCCOc1ccc(-c2noc(-c3cc(N)cc(-c4nc(-c5ccc(OCCCCCCCCCCCC)cc5)no4)c3)n2)cc1. The number of unbranched alkanes of at least 4 members (excludes halogenated alkanes) is 18. The van der Waals surface area contributed by atoms with Crippen LogP contribution in [-0.4, -0.2) is 33.5 Å². The van der Waals surface area contributed by atoms with Gasteiger partial charge in [0.25, 0.3) is 11.8 Å². The average molecular weight is 750 g/mol. The van der Waals surface area contributed by atoms with Gasteiger partial charge in [0.1, 0.15) is 11.5 Å². The highest BCUT2D eigenvalue weighted by atomic mass is 16.5. The maximum absolute atomic E-state index is 6.30. The second-order valence-corrected chi connectivity index (χ2v) is 14.8. The molecule has 0 bridgehead atoms. The van der Waals surface area contributed by atoms with Gasteiger partial charge < -0.3 is 24.3 Å². The van der Waals surface area contributed by atoms with Crippen molar-refractivity contribution < 1.29 is 18.5 Å². The minimum Gasteiger partial charge on any atom is -0.494 e. The van der Waals surface area contributed by atoms with Gasteiger partial charge in [-0.2, -0.15) is 9.97 Å². The number of nitrogens with zero attached hydrogens (tertiary/aromatic N) is 4. The van der Waals surface area contributed by atoms with Gasteiger partial charge in [-0.3, -0.25) is 0 Å². The van der Waals surface area contributed by atoms with Crippen molar-refractivity contribution in [1.82, 2.24) is 20.3 Å². The lowest BCUT2D eigenvalue weighted by Gasteiger charge is -2.06. The van der Waals surface area contributed by atoms with E-state index in [1.807, 2.05) is 54.6 Å². The van der Waals surface area contributed by atoms with Gasteiger partial charge >= 0.3 is 0 Å². The summed E-state index contributed by atoms with van der Waals surface area (Å²) in [5.74, 6) is 3.33. The molecule has 0 atom stereocenters. The summed E-state index contributed by atoms with van der Waals surface area (Å²) >= 11 is 0. The molecule has 55 heavy (non-hydrogen) atoms. The Morgan fingerprint density at radius 2 is 0.782 bits per heavy atom. The third kappa shape index (κ3) is 14.5. The lowest BCUT2D eigenvalue weighted by Crippen LogP contribution is -1.97.